The molecule has 3 N–H and O–H groups in total. The fourth-order valence-corrected chi connectivity index (χ4v) is 4.83. The first kappa shape index (κ1) is 22.3. The molecule has 144 valence electrons. The third-order valence-electron chi connectivity index (χ3n) is 4.93. The third kappa shape index (κ3) is 7.99. The lowest BCUT2D eigenvalue weighted by Gasteiger charge is -2.28. The molecule has 9 heteroatoms. The molecule has 2 fully saturated rings. The van der Waals surface area contributed by atoms with Gasteiger partial charge in [0, 0.05) is 13.0 Å². The largest absolute Gasteiger partial charge is 0.480 e. The van der Waals surface area contributed by atoms with Crippen molar-refractivity contribution in [2.24, 2.45) is 5.92 Å². The van der Waals surface area contributed by atoms with Gasteiger partial charge in [-0.25, -0.2) is 0 Å². The minimum atomic E-state index is -1.79. The van der Waals surface area contributed by atoms with Gasteiger partial charge in [-0.2, -0.15) is 0 Å². The molecular formula is C16H30ClN3O4P+. The van der Waals surface area contributed by atoms with Crippen LogP contribution in [0.25, 0.3) is 0 Å². The summed E-state index contributed by atoms with van der Waals surface area (Å²) >= 11 is 0. The molecule has 25 heavy (non-hydrogen) atoms. The summed E-state index contributed by atoms with van der Waals surface area (Å²) in [7, 11) is -1.79. The maximum absolute atomic E-state index is 12.4. The number of aliphatic carboxylic acids is 1. The highest BCUT2D eigenvalue weighted by Gasteiger charge is 2.36. The van der Waals surface area contributed by atoms with Crippen LogP contribution >= 0.6 is 20.4 Å². The molecule has 2 aliphatic rings. The molecule has 2 saturated heterocycles. The van der Waals surface area contributed by atoms with Crippen LogP contribution in [0.3, 0.4) is 0 Å². The van der Waals surface area contributed by atoms with E-state index in [0.29, 0.717) is 13.0 Å². The molecule has 2 aliphatic heterocycles. The van der Waals surface area contributed by atoms with Crippen LogP contribution in [-0.2, 0) is 14.2 Å². The van der Waals surface area contributed by atoms with Crippen molar-refractivity contribution in [1.82, 2.24) is 15.3 Å². The van der Waals surface area contributed by atoms with Crippen molar-refractivity contribution in [3.8, 4) is 0 Å². The number of nitrogens with one attached hydrogen (secondary N) is 2. The summed E-state index contributed by atoms with van der Waals surface area (Å²) in [5, 5.41) is 14.6. The minimum absolute atomic E-state index is 0. The first-order valence-corrected chi connectivity index (χ1v) is 10.3. The number of nitrogens with zero attached hydrogens (tertiary/aromatic N) is 1. The number of rotatable bonds is 8. The number of carbonyl (C=O) groups excluding carboxylic acids is 1. The molecule has 0 spiro atoms. The fourth-order valence-electron chi connectivity index (χ4n) is 3.52. The molecule has 2 rings (SSSR count). The molecule has 2 unspecified atom stereocenters. The Labute approximate surface area is 156 Å². The standard InChI is InChI=1S/C16H28N3O4P.ClH/c20-15(5-1-3-13-6-8-17-9-7-13)19-10-2-4-14(12-19)24(23)18-11-16(21)22;/h13-14,17H,1-12H2,(H-,18,21,22,23);1H/p+1. The van der Waals surface area contributed by atoms with E-state index in [0.717, 1.165) is 51.2 Å². The van der Waals surface area contributed by atoms with Crippen LogP contribution in [0, 0.1) is 5.92 Å². The summed E-state index contributed by atoms with van der Waals surface area (Å²) < 4.78 is 12.1. The van der Waals surface area contributed by atoms with E-state index >= 15 is 0 Å². The molecular weight excluding hydrogens is 365 g/mol. The molecule has 0 aromatic rings. The van der Waals surface area contributed by atoms with E-state index in [1.165, 1.54) is 12.8 Å². The van der Waals surface area contributed by atoms with Crippen LogP contribution in [0.15, 0.2) is 0 Å². The van der Waals surface area contributed by atoms with Gasteiger partial charge in [0.05, 0.1) is 6.54 Å². The lowest BCUT2D eigenvalue weighted by molar-refractivity contribution is -0.135. The van der Waals surface area contributed by atoms with Crippen molar-refractivity contribution in [1.29, 1.82) is 0 Å². The van der Waals surface area contributed by atoms with Gasteiger partial charge in [0.1, 0.15) is 6.54 Å². The van der Waals surface area contributed by atoms with Crippen LogP contribution < -0.4 is 10.4 Å². The monoisotopic (exact) mass is 394 g/mol. The van der Waals surface area contributed by atoms with Crippen molar-refractivity contribution >= 4 is 32.2 Å². The Morgan fingerprint density at radius 3 is 2.64 bits per heavy atom. The summed E-state index contributed by atoms with van der Waals surface area (Å²) in [6.45, 7) is 3.08. The van der Waals surface area contributed by atoms with E-state index in [1.807, 2.05) is 4.90 Å². The maximum atomic E-state index is 12.4. The number of carboxylic acids is 1. The molecule has 2 heterocycles. The Balaban J connectivity index is 0.00000312. The number of piperidine rings is 2. The van der Waals surface area contributed by atoms with Crippen molar-refractivity contribution in [2.75, 3.05) is 32.7 Å². The van der Waals surface area contributed by atoms with E-state index in [2.05, 4.69) is 10.4 Å². The highest BCUT2D eigenvalue weighted by atomic mass is 35.5. The molecule has 7 nitrogen and oxygen atoms in total. The zero-order chi connectivity index (χ0) is 17.4. The van der Waals surface area contributed by atoms with Gasteiger partial charge in [-0.3, -0.25) is 9.59 Å². The van der Waals surface area contributed by atoms with Gasteiger partial charge < -0.3 is 15.3 Å². The summed E-state index contributed by atoms with van der Waals surface area (Å²) in [6.07, 6.45) is 6.62. The summed E-state index contributed by atoms with van der Waals surface area (Å²) in [4.78, 5) is 24.7. The Morgan fingerprint density at radius 2 is 1.96 bits per heavy atom. The predicted octanol–water partition coefficient (Wildman–Crippen LogP) is 1.99. The lowest BCUT2D eigenvalue weighted by Crippen LogP contribution is -2.42. The number of hydrogen-bond acceptors (Lipinski definition) is 4. The van der Waals surface area contributed by atoms with E-state index < -0.39 is 13.9 Å². The number of hydrogen-bond donors (Lipinski definition) is 3. The SMILES string of the molecule is Cl.O=C(O)CN[P+](=O)C1CCCN(C(=O)CCCC2CCNCC2)C1. The van der Waals surface area contributed by atoms with E-state index in [4.69, 9.17) is 5.11 Å². The van der Waals surface area contributed by atoms with Crippen LogP contribution in [0.2, 0.25) is 0 Å². The zero-order valence-electron chi connectivity index (χ0n) is 14.6. The number of carboxylic acid groups (broad SMARTS) is 1. The molecule has 0 aliphatic carbocycles. The van der Waals surface area contributed by atoms with Gasteiger partial charge in [0.25, 0.3) is 0 Å². The second-order valence-corrected chi connectivity index (χ2v) is 8.47. The minimum Gasteiger partial charge on any atom is -0.480 e. The van der Waals surface area contributed by atoms with Crippen LogP contribution in [0.5, 0.6) is 0 Å². The van der Waals surface area contributed by atoms with Crippen molar-refractivity contribution < 1.29 is 19.3 Å². The highest BCUT2D eigenvalue weighted by Crippen LogP contribution is 2.31. The topological polar surface area (TPSA) is 98.7 Å². The second-order valence-electron chi connectivity index (χ2n) is 6.78. The first-order chi connectivity index (χ1) is 11.6. The number of carbonyl (C=O) groups is 2. The molecule has 0 radical (unpaired) electrons. The summed E-state index contributed by atoms with van der Waals surface area (Å²) in [6, 6.07) is 0. The summed E-state index contributed by atoms with van der Waals surface area (Å²) in [5.74, 6) is -0.127. The van der Waals surface area contributed by atoms with Gasteiger partial charge in [0.15, 0.2) is 5.66 Å². The predicted molar refractivity (Wildman–Crippen MR) is 99.5 cm³/mol. The number of halogens is 1. The molecule has 0 saturated carbocycles. The van der Waals surface area contributed by atoms with E-state index in [1.54, 1.807) is 0 Å². The average molecular weight is 395 g/mol. The van der Waals surface area contributed by atoms with Crippen LogP contribution in [0.4, 0.5) is 0 Å². The smallest absolute Gasteiger partial charge is 0.437 e. The lowest BCUT2D eigenvalue weighted by atomic mass is 9.92. The van der Waals surface area contributed by atoms with E-state index in [-0.39, 0.29) is 30.5 Å². The first-order valence-electron chi connectivity index (χ1n) is 8.96. The molecule has 0 aromatic heterocycles. The number of likely N-dealkylation sites (tertiary alicyclic amines) is 1. The Bertz CT molecular complexity index is 461. The quantitative estimate of drug-likeness (QED) is 0.544. The molecule has 0 aromatic carbocycles. The van der Waals surface area contributed by atoms with Gasteiger partial charge in [-0.15, -0.1) is 12.4 Å². The van der Waals surface area contributed by atoms with Gasteiger partial charge >= 0.3 is 13.9 Å². The molecule has 0 bridgehead atoms. The number of amides is 1. The Hall–Kier alpha value is -0.750. The second kappa shape index (κ2) is 11.8. The fraction of sp³-hybridized carbons (Fsp3) is 0.875. The van der Waals surface area contributed by atoms with Crippen molar-refractivity contribution in [3.63, 3.8) is 0 Å². The highest BCUT2D eigenvalue weighted by molar-refractivity contribution is 7.43. The van der Waals surface area contributed by atoms with Gasteiger partial charge in [0.2, 0.25) is 5.91 Å². The maximum Gasteiger partial charge on any atom is 0.437 e. The van der Waals surface area contributed by atoms with Crippen molar-refractivity contribution in [3.05, 3.63) is 0 Å². The third-order valence-corrected chi connectivity index (χ3v) is 6.48. The van der Waals surface area contributed by atoms with E-state index in [9.17, 15) is 14.2 Å². The molecule has 1 amide bonds. The average Bonchev–Trinajstić information content (AvgIpc) is 2.60. The Morgan fingerprint density at radius 1 is 1.24 bits per heavy atom. The zero-order valence-corrected chi connectivity index (χ0v) is 16.3. The van der Waals surface area contributed by atoms with Gasteiger partial charge in [-0.1, -0.05) is 5.09 Å². The summed E-state index contributed by atoms with van der Waals surface area (Å²) in [5.41, 5.74) is -0.138. The van der Waals surface area contributed by atoms with Crippen LogP contribution in [0.1, 0.15) is 44.9 Å². The van der Waals surface area contributed by atoms with Crippen molar-refractivity contribution in [2.45, 2.75) is 50.6 Å². The Kier molecular flexibility index (Phi) is 10.5. The molecule has 2 atom stereocenters. The van der Waals surface area contributed by atoms with Crippen LogP contribution in [-0.4, -0.2) is 60.3 Å². The normalized spacial score (nSPS) is 22.2. The van der Waals surface area contributed by atoms with Gasteiger partial charge in [-0.05, 0) is 62.1 Å².